The maximum absolute atomic E-state index is 12.0. The number of para-hydroxylation sites is 1. The molecule has 0 radical (unpaired) electrons. The average molecular weight is 313 g/mol. The molecular formula is C16H15N3O4. The molecule has 2 rings (SSSR count). The predicted molar refractivity (Wildman–Crippen MR) is 81.4 cm³/mol. The SMILES string of the molecule is N#Cc1ccccc1NC(=O)CC(NCc1ccco1)C(=O)O. The van der Waals surface area contributed by atoms with E-state index in [0.717, 1.165) is 0 Å². The molecular weight excluding hydrogens is 298 g/mol. The van der Waals surface area contributed by atoms with Gasteiger partial charge in [-0.1, -0.05) is 12.1 Å². The average Bonchev–Trinajstić information content (AvgIpc) is 3.05. The molecule has 0 saturated carbocycles. The highest BCUT2D eigenvalue weighted by Crippen LogP contribution is 2.14. The Kier molecular flexibility index (Phi) is 5.50. The molecule has 0 saturated heterocycles. The monoisotopic (exact) mass is 313 g/mol. The van der Waals surface area contributed by atoms with Crippen molar-refractivity contribution in [3.63, 3.8) is 0 Å². The number of hydrogen-bond acceptors (Lipinski definition) is 5. The van der Waals surface area contributed by atoms with E-state index in [4.69, 9.17) is 9.68 Å². The first kappa shape index (κ1) is 16.3. The molecule has 118 valence electrons. The standard InChI is InChI=1S/C16H15N3O4/c17-9-11-4-1-2-6-13(11)19-15(20)8-14(16(21)22)18-10-12-5-3-7-23-12/h1-7,14,18H,8,10H2,(H,19,20)(H,21,22). The van der Waals surface area contributed by atoms with Crippen LogP contribution >= 0.6 is 0 Å². The molecule has 1 unspecified atom stereocenters. The van der Waals surface area contributed by atoms with Crippen LogP contribution in [0, 0.1) is 11.3 Å². The first-order chi connectivity index (χ1) is 11.1. The van der Waals surface area contributed by atoms with Gasteiger partial charge in [0.25, 0.3) is 0 Å². The number of nitriles is 1. The van der Waals surface area contributed by atoms with Crippen LogP contribution in [0.5, 0.6) is 0 Å². The summed E-state index contributed by atoms with van der Waals surface area (Å²) in [5.41, 5.74) is 0.673. The van der Waals surface area contributed by atoms with E-state index in [2.05, 4.69) is 10.6 Å². The van der Waals surface area contributed by atoms with E-state index < -0.39 is 17.9 Å². The highest BCUT2D eigenvalue weighted by atomic mass is 16.4. The number of benzene rings is 1. The van der Waals surface area contributed by atoms with Crippen LogP contribution in [0.3, 0.4) is 0 Å². The van der Waals surface area contributed by atoms with Crippen molar-refractivity contribution in [2.24, 2.45) is 0 Å². The summed E-state index contributed by atoms with van der Waals surface area (Å²) in [6, 6.07) is 10.8. The van der Waals surface area contributed by atoms with Crippen molar-refractivity contribution in [3.05, 3.63) is 54.0 Å². The number of rotatable bonds is 7. The Bertz CT molecular complexity index is 719. The lowest BCUT2D eigenvalue weighted by Crippen LogP contribution is -2.39. The van der Waals surface area contributed by atoms with Crippen LogP contribution in [0.4, 0.5) is 5.69 Å². The van der Waals surface area contributed by atoms with Crippen molar-refractivity contribution in [2.45, 2.75) is 19.0 Å². The van der Waals surface area contributed by atoms with Crippen LogP contribution in [-0.4, -0.2) is 23.0 Å². The van der Waals surface area contributed by atoms with Crippen molar-refractivity contribution >= 4 is 17.6 Å². The first-order valence-electron chi connectivity index (χ1n) is 6.87. The number of hydrogen-bond donors (Lipinski definition) is 3. The van der Waals surface area contributed by atoms with Gasteiger partial charge in [0.05, 0.1) is 30.5 Å². The number of furan rings is 1. The molecule has 1 aromatic carbocycles. The second-order valence-electron chi connectivity index (χ2n) is 4.76. The molecule has 0 fully saturated rings. The van der Waals surface area contributed by atoms with Gasteiger partial charge in [-0.15, -0.1) is 0 Å². The van der Waals surface area contributed by atoms with E-state index in [1.54, 1.807) is 36.4 Å². The molecule has 0 aliphatic heterocycles. The molecule has 0 aliphatic rings. The summed E-state index contributed by atoms with van der Waals surface area (Å²) in [6.07, 6.45) is 1.22. The van der Waals surface area contributed by atoms with Crippen molar-refractivity contribution in [2.75, 3.05) is 5.32 Å². The first-order valence-corrected chi connectivity index (χ1v) is 6.87. The second kappa shape index (κ2) is 7.77. The molecule has 1 aromatic heterocycles. The van der Waals surface area contributed by atoms with E-state index >= 15 is 0 Å². The molecule has 1 atom stereocenters. The summed E-state index contributed by atoms with van der Waals surface area (Å²) in [5, 5.41) is 23.5. The molecule has 1 amide bonds. The highest BCUT2D eigenvalue weighted by Gasteiger charge is 2.21. The quantitative estimate of drug-likeness (QED) is 0.717. The Morgan fingerprint density at radius 1 is 1.26 bits per heavy atom. The van der Waals surface area contributed by atoms with Gasteiger partial charge in [-0.3, -0.25) is 14.9 Å². The molecule has 23 heavy (non-hydrogen) atoms. The molecule has 0 spiro atoms. The van der Waals surface area contributed by atoms with E-state index in [9.17, 15) is 14.7 Å². The summed E-state index contributed by atoms with van der Waals surface area (Å²) < 4.78 is 5.10. The summed E-state index contributed by atoms with van der Waals surface area (Å²) in [7, 11) is 0. The summed E-state index contributed by atoms with van der Waals surface area (Å²) >= 11 is 0. The number of carboxylic acid groups (broad SMARTS) is 1. The minimum Gasteiger partial charge on any atom is -0.480 e. The number of carbonyl (C=O) groups excluding carboxylic acids is 1. The normalized spacial score (nSPS) is 11.4. The van der Waals surface area contributed by atoms with Crippen molar-refractivity contribution in [3.8, 4) is 6.07 Å². The van der Waals surface area contributed by atoms with Gasteiger partial charge in [-0.2, -0.15) is 5.26 Å². The highest BCUT2D eigenvalue weighted by molar-refractivity contribution is 5.95. The van der Waals surface area contributed by atoms with Crippen molar-refractivity contribution < 1.29 is 19.1 Å². The van der Waals surface area contributed by atoms with Gasteiger partial charge in [0.1, 0.15) is 17.9 Å². The molecule has 7 heteroatoms. The van der Waals surface area contributed by atoms with Gasteiger partial charge in [0, 0.05) is 0 Å². The lowest BCUT2D eigenvalue weighted by molar-refractivity contribution is -0.141. The van der Waals surface area contributed by atoms with Gasteiger partial charge in [0.2, 0.25) is 5.91 Å². The zero-order valence-corrected chi connectivity index (χ0v) is 12.2. The maximum atomic E-state index is 12.0. The Balaban J connectivity index is 1.95. The van der Waals surface area contributed by atoms with Crippen LogP contribution in [0.1, 0.15) is 17.7 Å². The lowest BCUT2D eigenvalue weighted by Gasteiger charge is -2.14. The van der Waals surface area contributed by atoms with E-state index in [1.165, 1.54) is 6.26 Å². The van der Waals surface area contributed by atoms with Crippen molar-refractivity contribution in [1.29, 1.82) is 5.26 Å². The lowest BCUT2D eigenvalue weighted by atomic mass is 10.1. The second-order valence-corrected chi connectivity index (χ2v) is 4.76. The summed E-state index contributed by atoms with van der Waals surface area (Å²) in [4.78, 5) is 23.3. The number of nitrogens with one attached hydrogen (secondary N) is 2. The smallest absolute Gasteiger partial charge is 0.321 e. The van der Waals surface area contributed by atoms with Gasteiger partial charge in [-0.05, 0) is 24.3 Å². The van der Waals surface area contributed by atoms with E-state index in [-0.39, 0.29) is 13.0 Å². The fourth-order valence-electron chi connectivity index (χ4n) is 1.96. The Morgan fingerprint density at radius 2 is 2.04 bits per heavy atom. The van der Waals surface area contributed by atoms with Gasteiger partial charge >= 0.3 is 5.97 Å². The van der Waals surface area contributed by atoms with Crippen LogP contribution in [0.25, 0.3) is 0 Å². The largest absolute Gasteiger partial charge is 0.480 e. The number of carboxylic acids is 1. The zero-order valence-electron chi connectivity index (χ0n) is 12.2. The Labute approximate surface area is 132 Å². The predicted octanol–water partition coefficient (Wildman–Crippen LogP) is 1.72. The topological polar surface area (TPSA) is 115 Å². The fourth-order valence-corrected chi connectivity index (χ4v) is 1.96. The van der Waals surface area contributed by atoms with E-state index in [1.807, 2.05) is 6.07 Å². The molecule has 2 aromatic rings. The summed E-state index contributed by atoms with van der Waals surface area (Å²) in [6.45, 7) is 0.200. The molecule has 1 heterocycles. The van der Waals surface area contributed by atoms with Crippen LogP contribution < -0.4 is 10.6 Å². The van der Waals surface area contributed by atoms with Gasteiger partial charge < -0.3 is 14.8 Å². The molecule has 0 bridgehead atoms. The fraction of sp³-hybridized carbons (Fsp3) is 0.188. The van der Waals surface area contributed by atoms with Crippen LogP contribution in [0.15, 0.2) is 47.1 Å². The minimum atomic E-state index is -1.14. The summed E-state index contributed by atoms with van der Waals surface area (Å²) in [5.74, 6) is -1.06. The maximum Gasteiger partial charge on any atom is 0.321 e. The third kappa shape index (κ3) is 4.69. The number of carbonyl (C=O) groups is 2. The molecule has 0 aliphatic carbocycles. The number of anilines is 1. The Hall–Kier alpha value is -3.11. The van der Waals surface area contributed by atoms with E-state index in [0.29, 0.717) is 17.0 Å². The van der Waals surface area contributed by atoms with Crippen LogP contribution in [-0.2, 0) is 16.1 Å². The van der Waals surface area contributed by atoms with Gasteiger partial charge in [-0.25, -0.2) is 0 Å². The third-order valence-corrected chi connectivity index (χ3v) is 3.11. The van der Waals surface area contributed by atoms with Gasteiger partial charge in [0.15, 0.2) is 0 Å². The van der Waals surface area contributed by atoms with Crippen molar-refractivity contribution in [1.82, 2.24) is 5.32 Å². The number of nitrogens with zero attached hydrogens (tertiary/aromatic N) is 1. The Morgan fingerprint density at radius 3 is 2.70 bits per heavy atom. The minimum absolute atomic E-state index is 0.200. The van der Waals surface area contributed by atoms with Crippen LogP contribution in [0.2, 0.25) is 0 Å². The number of amides is 1. The molecule has 7 nitrogen and oxygen atoms in total. The third-order valence-electron chi connectivity index (χ3n) is 3.11. The zero-order chi connectivity index (χ0) is 16.7. The molecule has 3 N–H and O–H groups in total. The number of aliphatic carboxylic acids is 1.